The highest BCUT2D eigenvalue weighted by Gasteiger charge is 2.27. The van der Waals surface area contributed by atoms with Crippen LogP contribution in [0.25, 0.3) is 0 Å². The number of carbonyl (C=O) groups excluding carboxylic acids is 4. The molecular weight excluding hydrogens is 520 g/mol. The molecule has 0 radical (unpaired) electrons. The number of rotatable bonds is 15. The lowest BCUT2D eigenvalue weighted by Gasteiger charge is -2.24. The predicted octanol–water partition coefficient (Wildman–Crippen LogP) is 1.44. The second-order valence-corrected chi connectivity index (χ2v) is 9.58. The number of para-hydroxylation sites is 1. The lowest BCUT2D eigenvalue weighted by atomic mass is 10.0. The first-order valence-corrected chi connectivity index (χ1v) is 13.6. The van der Waals surface area contributed by atoms with Crippen LogP contribution in [0.15, 0.2) is 84.9 Å². The molecule has 0 fully saturated rings. The molecule has 0 aliphatic heterocycles. The molecule has 10 nitrogen and oxygen atoms in total. The topological polar surface area (TPSA) is 174 Å². The predicted molar refractivity (Wildman–Crippen MR) is 159 cm³/mol. The first-order valence-electron chi connectivity index (χ1n) is 13.6. The maximum absolute atomic E-state index is 13.5. The van der Waals surface area contributed by atoms with E-state index in [-0.39, 0.29) is 37.6 Å². The third-order valence-corrected chi connectivity index (χ3v) is 6.55. The van der Waals surface area contributed by atoms with E-state index in [1.54, 1.807) is 48.5 Å². The molecule has 0 aromatic heterocycles. The molecule has 0 bridgehead atoms. The molecule has 0 spiro atoms. The van der Waals surface area contributed by atoms with Gasteiger partial charge in [-0.25, -0.2) is 0 Å². The van der Waals surface area contributed by atoms with Gasteiger partial charge < -0.3 is 32.7 Å². The van der Waals surface area contributed by atoms with Crippen molar-refractivity contribution in [1.29, 1.82) is 0 Å². The Morgan fingerprint density at radius 2 is 1.34 bits per heavy atom. The van der Waals surface area contributed by atoms with Crippen molar-refractivity contribution in [3.8, 4) is 0 Å². The van der Waals surface area contributed by atoms with Crippen LogP contribution in [0.2, 0.25) is 0 Å². The second-order valence-electron chi connectivity index (χ2n) is 9.58. The van der Waals surface area contributed by atoms with Gasteiger partial charge in [-0.15, -0.1) is 0 Å². The van der Waals surface area contributed by atoms with Gasteiger partial charge in [-0.3, -0.25) is 19.2 Å². The van der Waals surface area contributed by atoms with Crippen LogP contribution in [0.4, 0.5) is 5.69 Å². The van der Waals surface area contributed by atoms with Gasteiger partial charge in [0.15, 0.2) is 5.78 Å². The molecule has 8 N–H and O–H groups in total. The van der Waals surface area contributed by atoms with Crippen molar-refractivity contribution in [2.45, 2.75) is 31.3 Å². The smallest absolute Gasteiger partial charge is 0.246 e. The third kappa shape index (κ3) is 9.35. The van der Waals surface area contributed by atoms with Gasteiger partial charge in [-0.05, 0) is 30.5 Å². The molecule has 0 saturated heterocycles. The molecule has 3 amide bonds. The van der Waals surface area contributed by atoms with Crippen molar-refractivity contribution in [2.75, 3.05) is 31.5 Å². The minimum atomic E-state index is -1.18. The molecule has 0 saturated carbocycles. The molecule has 2 unspecified atom stereocenters. The van der Waals surface area contributed by atoms with Gasteiger partial charge in [-0.2, -0.15) is 0 Å². The normalized spacial score (nSPS) is 12.2. The lowest BCUT2D eigenvalue weighted by molar-refractivity contribution is -0.134. The number of aryl methyl sites for hydroxylation is 1. The largest absolute Gasteiger partial charge is 0.343 e. The summed E-state index contributed by atoms with van der Waals surface area (Å²) in [5.74, 6) is -1.73. The van der Waals surface area contributed by atoms with E-state index < -0.39 is 23.9 Å². The van der Waals surface area contributed by atoms with Gasteiger partial charge in [0, 0.05) is 37.3 Å². The lowest BCUT2D eigenvalue weighted by Crippen LogP contribution is -2.52. The van der Waals surface area contributed by atoms with E-state index in [0.29, 0.717) is 36.3 Å². The summed E-state index contributed by atoms with van der Waals surface area (Å²) in [4.78, 5) is 53.9. The number of nitrogens with zero attached hydrogens (tertiary/aromatic N) is 1. The number of nitrogens with two attached hydrogens (primary N) is 3. The van der Waals surface area contributed by atoms with Gasteiger partial charge in [0.25, 0.3) is 0 Å². The molecule has 2 atom stereocenters. The van der Waals surface area contributed by atoms with Crippen LogP contribution in [-0.4, -0.2) is 66.7 Å². The summed E-state index contributed by atoms with van der Waals surface area (Å²) in [7, 11) is 0. The fourth-order valence-electron chi connectivity index (χ4n) is 4.34. The average Bonchev–Trinajstić information content (AvgIpc) is 2.99. The van der Waals surface area contributed by atoms with Crippen molar-refractivity contribution in [3.63, 3.8) is 0 Å². The summed E-state index contributed by atoms with van der Waals surface area (Å²) in [6.45, 7) is 1.10. The number of hydrogen-bond donors (Lipinski definition) is 5. The van der Waals surface area contributed by atoms with Gasteiger partial charge in [0.05, 0.1) is 18.2 Å². The fraction of sp³-hybridized carbons (Fsp3) is 0.290. The summed E-state index contributed by atoms with van der Waals surface area (Å²) in [6.07, 6.45) is 0.509. The Labute approximate surface area is 240 Å². The number of anilines is 1. The van der Waals surface area contributed by atoms with E-state index in [2.05, 4.69) is 10.6 Å². The summed E-state index contributed by atoms with van der Waals surface area (Å²) >= 11 is 0. The Hall–Kier alpha value is -4.38. The van der Waals surface area contributed by atoms with Crippen LogP contribution < -0.4 is 27.8 Å². The molecule has 0 aliphatic rings. The Bertz CT molecular complexity index is 1300. The number of hydrogen-bond acceptors (Lipinski definition) is 7. The molecule has 0 heterocycles. The summed E-state index contributed by atoms with van der Waals surface area (Å²) in [5, 5.41) is 5.53. The number of ketones is 1. The minimum Gasteiger partial charge on any atom is -0.343 e. The Kier molecular flexibility index (Phi) is 12.2. The molecule has 10 heteroatoms. The van der Waals surface area contributed by atoms with E-state index in [9.17, 15) is 19.2 Å². The van der Waals surface area contributed by atoms with Crippen molar-refractivity contribution in [1.82, 2.24) is 10.2 Å². The first-order chi connectivity index (χ1) is 19.8. The quantitative estimate of drug-likeness (QED) is 0.175. The zero-order valence-corrected chi connectivity index (χ0v) is 23.0. The van der Waals surface area contributed by atoms with Crippen molar-refractivity contribution in [2.24, 2.45) is 17.2 Å². The van der Waals surface area contributed by atoms with Crippen molar-refractivity contribution >= 4 is 29.2 Å². The van der Waals surface area contributed by atoms with Crippen LogP contribution in [0.5, 0.6) is 0 Å². The van der Waals surface area contributed by atoms with Crippen LogP contribution in [0.3, 0.4) is 0 Å². The minimum absolute atomic E-state index is 0.244. The highest BCUT2D eigenvalue weighted by atomic mass is 16.2. The number of nitrogens with one attached hydrogen (secondary N) is 2. The van der Waals surface area contributed by atoms with E-state index in [1.807, 2.05) is 36.4 Å². The molecular formula is C31H38N6O4. The standard InChI is InChI=1S/C31H38N6O4/c32-17-19-37(20-18-33)28(38)21-25(34)30(40)36-27(16-15-22-9-3-1-4-10-22)31(41)35-26-14-8-7-13-24(26)29(39)23-11-5-2-6-12-23/h1-14,25,27H,15-21,32-34H2,(H,35,41)(H,36,40). The molecule has 216 valence electrons. The van der Waals surface area contributed by atoms with Crippen LogP contribution in [0.1, 0.15) is 34.3 Å². The van der Waals surface area contributed by atoms with Crippen LogP contribution in [0, 0.1) is 0 Å². The van der Waals surface area contributed by atoms with E-state index in [0.717, 1.165) is 5.56 Å². The second kappa shape index (κ2) is 16.0. The summed E-state index contributed by atoms with van der Waals surface area (Å²) in [5.41, 5.74) is 19.4. The number of carbonyl (C=O) groups is 4. The van der Waals surface area contributed by atoms with Crippen LogP contribution >= 0.6 is 0 Å². The monoisotopic (exact) mass is 558 g/mol. The SMILES string of the molecule is NCCN(CCN)C(=O)CC(N)C(=O)NC(CCc1ccccc1)C(=O)Nc1ccccc1C(=O)c1ccccc1. The number of amides is 3. The van der Waals surface area contributed by atoms with Gasteiger partial charge in [0.1, 0.15) is 6.04 Å². The fourth-order valence-corrected chi connectivity index (χ4v) is 4.34. The van der Waals surface area contributed by atoms with Gasteiger partial charge >= 0.3 is 0 Å². The van der Waals surface area contributed by atoms with Crippen LogP contribution in [-0.2, 0) is 20.8 Å². The van der Waals surface area contributed by atoms with E-state index >= 15 is 0 Å². The van der Waals surface area contributed by atoms with Gasteiger partial charge in [0.2, 0.25) is 17.7 Å². The zero-order chi connectivity index (χ0) is 29.6. The van der Waals surface area contributed by atoms with E-state index in [4.69, 9.17) is 17.2 Å². The Morgan fingerprint density at radius 1 is 0.756 bits per heavy atom. The molecule has 3 rings (SSSR count). The molecule has 3 aromatic carbocycles. The third-order valence-electron chi connectivity index (χ3n) is 6.55. The Morgan fingerprint density at radius 3 is 1.98 bits per heavy atom. The highest BCUT2D eigenvalue weighted by Crippen LogP contribution is 2.20. The Balaban J connectivity index is 1.76. The summed E-state index contributed by atoms with van der Waals surface area (Å²) in [6, 6.07) is 22.8. The zero-order valence-electron chi connectivity index (χ0n) is 23.0. The average molecular weight is 559 g/mol. The van der Waals surface area contributed by atoms with Crippen molar-refractivity contribution in [3.05, 3.63) is 102 Å². The number of benzene rings is 3. The first kappa shape index (κ1) is 31.2. The van der Waals surface area contributed by atoms with Gasteiger partial charge in [-0.1, -0.05) is 72.8 Å². The van der Waals surface area contributed by atoms with Crippen molar-refractivity contribution < 1.29 is 19.2 Å². The maximum atomic E-state index is 13.5. The molecule has 3 aromatic rings. The molecule has 0 aliphatic carbocycles. The molecule has 41 heavy (non-hydrogen) atoms. The maximum Gasteiger partial charge on any atom is 0.246 e. The van der Waals surface area contributed by atoms with E-state index in [1.165, 1.54) is 4.90 Å². The highest BCUT2D eigenvalue weighted by molar-refractivity contribution is 6.14. The summed E-state index contributed by atoms with van der Waals surface area (Å²) < 4.78 is 0.